The van der Waals surface area contributed by atoms with E-state index in [-0.39, 0.29) is 0 Å². The molecular weight excluding hydrogens is 125 g/mol. The molecule has 3 nitrogen and oxygen atoms in total. The van der Waals surface area contributed by atoms with Crippen molar-refractivity contribution in [3.8, 4) is 10.1 Å². The summed E-state index contributed by atoms with van der Waals surface area (Å²) in [7, 11) is 0. The summed E-state index contributed by atoms with van der Waals surface area (Å²) in [6.07, 6.45) is 0. The van der Waals surface area contributed by atoms with Crippen molar-refractivity contribution in [3.05, 3.63) is 0 Å². The summed E-state index contributed by atoms with van der Waals surface area (Å²) in [4.78, 5) is 4.79. The summed E-state index contributed by atoms with van der Waals surface area (Å²) in [5.74, 6) is 0. The van der Waals surface area contributed by atoms with Gasteiger partial charge in [0.2, 0.25) is 0 Å². The Hall–Kier alpha value is -0.566. The summed E-state index contributed by atoms with van der Waals surface area (Å²) in [6, 6.07) is 0. The molecule has 0 spiro atoms. The van der Waals surface area contributed by atoms with Gasteiger partial charge < -0.3 is 0 Å². The van der Waals surface area contributed by atoms with Crippen LogP contribution in [0.4, 0.5) is 0 Å². The van der Waals surface area contributed by atoms with Crippen molar-refractivity contribution in [2.75, 3.05) is 0 Å². The molecule has 0 bridgehead atoms. The van der Waals surface area contributed by atoms with Crippen LogP contribution in [0.2, 0.25) is 0 Å². The summed E-state index contributed by atoms with van der Waals surface area (Å²) >= 11 is -1.28. The van der Waals surface area contributed by atoms with Crippen LogP contribution < -0.4 is 4.81 Å². The van der Waals surface area contributed by atoms with Crippen LogP contribution in [0.15, 0.2) is 0 Å². The Morgan fingerprint density at radius 1 is 1.33 bits per heavy atom. The van der Waals surface area contributed by atoms with Gasteiger partial charge in [-0.1, -0.05) is 0 Å². The topological polar surface area (TPSA) is 73.6 Å². The first-order valence-electron chi connectivity index (χ1n) is 0.946. The molecule has 0 amide bonds. The van der Waals surface area contributed by atoms with Crippen LogP contribution in [0.25, 0.3) is 0 Å². The van der Waals surface area contributed by atoms with Gasteiger partial charge in [0, 0.05) is 0 Å². The number of rotatable bonds is 0. The molecule has 0 aromatic carbocycles. The fourth-order valence-corrected chi connectivity index (χ4v) is 0.0652. The number of hydrogen-bond acceptors (Lipinski definition) is 3. The van der Waals surface area contributed by atoms with Gasteiger partial charge in [0.05, 0.1) is 0 Å². The fourth-order valence-electron chi connectivity index (χ4n) is 0.0158. The van der Waals surface area contributed by atoms with E-state index < -0.39 is 13.6 Å². The molecule has 0 atom stereocenters. The van der Waals surface area contributed by atoms with Gasteiger partial charge in [0.1, 0.15) is 0 Å². The Balaban J connectivity index is 3.40. The van der Waals surface area contributed by atoms with Gasteiger partial charge in [-0.15, -0.1) is 0 Å². The van der Waals surface area contributed by atoms with Gasteiger partial charge in [-0.25, -0.2) is 0 Å². The molecule has 35 valence electrons. The Bertz CT molecular complexity index is 92.9. The summed E-state index contributed by atoms with van der Waals surface area (Å²) in [5.41, 5.74) is 0. The predicted molar refractivity (Wildman–Crippen MR) is 15.4 cm³/mol. The van der Waals surface area contributed by atoms with Crippen LogP contribution in [0, 0.1) is 20.6 Å². The van der Waals surface area contributed by atoms with Crippen molar-refractivity contribution < 1.29 is 13.6 Å². The average molecular weight is 127 g/mol. The molecule has 0 radical (unpaired) electrons. The molecule has 6 heavy (non-hydrogen) atoms. The Morgan fingerprint density at radius 3 is 1.67 bits per heavy atom. The van der Waals surface area contributed by atoms with E-state index in [1.807, 2.05) is 0 Å². The van der Waals surface area contributed by atoms with E-state index in [0.717, 1.165) is 0 Å². The fraction of sp³-hybridized carbons (Fsp3) is 0. The summed E-state index contributed by atoms with van der Waals surface area (Å²) in [5, 5.41) is 18.7. The van der Waals surface area contributed by atoms with Crippen LogP contribution in [0.1, 0.15) is 0 Å². The zero-order valence-electron chi connectivity index (χ0n) is 2.79. The SMILES string of the molecule is N#[C][Ni]([NH2])[C]#N. The van der Waals surface area contributed by atoms with E-state index in [0.29, 0.717) is 0 Å². The van der Waals surface area contributed by atoms with Crippen molar-refractivity contribution in [3.63, 3.8) is 0 Å². The van der Waals surface area contributed by atoms with Crippen molar-refractivity contribution in [2.45, 2.75) is 0 Å². The molecule has 0 rings (SSSR count). The first kappa shape index (κ1) is 5.43. The first-order chi connectivity index (χ1) is 2.81. The van der Waals surface area contributed by atoms with Crippen molar-refractivity contribution in [1.82, 2.24) is 0 Å². The van der Waals surface area contributed by atoms with Gasteiger partial charge in [0.25, 0.3) is 0 Å². The number of nitriles is 2. The van der Waals surface area contributed by atoms with E-state index >= 15 is 0 Å². The predicted octanol–water partition coefficient (Wildman–Crippen LogP) is -0.560. The second kappa shape index (κ2) is 2.66. The van der Waals surface area contributed by atoms with Gasteiger partial charge >= 0.3 is 39.0 Å². The summed E-state index contributed by atoms with van der Waals surface area (Å²) in [6.45, 7) is 0. The number of nitrogens with zero attached hydrogens (tertiary/aromatic N) is 2. The minimum atomic E-state index is -1.28. The number of nitrogens with two attached hydrogens (primary N) is 1. The van der Waals surface area contributed by atoms with E-state index in [2.05, 4.69) is 0 Å². The zero-order valence-corrected chi connectivity index (χ0v) is 3.78. The number of hydrogen-bond donors (Lipinski definition) is 1. The van der Waals surface area contributed by atoms with Gasteiger partial charge in [-0.2, -0.15) is 0 Å². The monoisotopic (exact) mass is 126 g/mol. The molecule has 0 saturated heterocycles. The van der Waals surface area contributed by atoms with Gasteiger partial charge in [0.15, 0.2) is 0 Å². The van der Waals surface area contributed by atoms with Crippen molar-refractivity contribution >= 4 is 0 Å². The van der Waals surface area contributed by atoms with Crippen LogP contribution in [-0.2, 0) is 13.6 Å². The van der Waals surface area contributed by atoms with Crippen LogP contribution in [0.5, 0.6) is 0 Å². The maximum atomic E-state index is 7.76. The van der Waals surface area contributed by atoms with E-state index in [1.165, 1.54) is 0 Å². The Labute approximate surface area is 39.8 Å². The van der Waals surface area contributed by atoms with E-state index in [4.69, 9.17) is 15.3 Å². The third-order valence-electron chi connectivity index (χ3n) is 0.152. The summed E-state index contributed by atoms with van der Waals surface area (Å²) < 4.78 is 0. The Morgan fingerprint density at radius 2 is 1.67 bits per heavy atom. The quantitative estimate of drug-likeness (QED) is 0.443. The Kier molecular flexibility index (Phi) is 2.41. The van der Waals surface area contributed by atoms with Crippen LogP contribution in [0.3, 0.4) is 0 Å². The molecule has 4 heteroatoms. The second-order valence-electron chi connectivity index (χ2n) is 0.403. The molecule has 0 heterocycles. The maximum absolute atomic E-state index is 7.76. The third kappa shape index (κ3) is 1.72. The standard InChI is InChI=1S/2CN.H2N.Ni/c2*1-2;;/h;;1H2;/q;;-1;+1. The van der Waals surface area contributed by atoms with Gasteiger partial charge in [-0.05, 0) is 0 Å². The second-order valence-corrected chi connectivity index (χ2v) is 1.66. The minimum absolute atomic E-state index is 1.28. The van der Waals surface area contributed by atoms with Crippen LogP contribution >= 0.6 is 0 Å². The molecule has 0 fully saturated rings. The van der Waals surface area contributed by atoms with Crippen molar-refractivity contribution in [1.29, 1.82) is 10.5 Å². The van der Waals surface area contributed by atoms with E-state index in [9.17, 15) is 0 Å². The molecule has 0 aromatic heterocycles. The molecule has 0 unspecified atom stereocenters. The molecule has 0 aliphatic heterocycles. The molecular formula is C2H2N3Ni. The van der Waals surface area contributed by atoms with Gasteiger partial charge in [-0.3, -0.25) is 0 Å². The third-order valence-corrected chi connectivity index (χ3v) is 0.628. The molecule has 0 saturated carbocycles. The van der Waals surface area contributed by atoms with Crippen LogP contribution in [-0.4, -0.2) is 0 Å². The zero-order chi connectivity index (χ0) is 4.99. The molecule has 0 aromatic rings. The molecule has 0 aliphatic rings. The van der Waals surface area contributed by atoms with Crippen molar-refractivity contribution in [2.24, 2.45) is 4.81 Å². The molecule has 0 aliphatic carbocycles. The van der Waals surface area contributed by atoms with E-state index in [1.54, 1.807) is 10.1 Å². The molecule has 2 N–H and O–H groups in total. The normalized spacial score (nSPS) is 8.17. The average Bonchev–Trinajstić information content (AvgIpc) is 1.65. The first-order valence-corrected chi connectivity index (χ1v) is 2.50.